The number of hydrogen-bond donors (Lipinski definition) is 0. The summed E-state index contributed by atoms with van der Waals surface area (Å²) in [4.78, 5) is 10.3. The van der Waals surface area contributed by atoms with Crippen molar-refractivity contribution in [2.24, 2.45) is 5.92 Å². The van der Waals surface area contributed by atoms with Crippen LogP contribution in [0.5, 0.6) is 0 Å². The third-order valence-electron chi connectivity index (χ3n) is 1.57. The summed E-state index contributed by atoms with van der Waals surface area (Å²) >= 11 is 5.06. The van der Waals surface area contributed by atoms with E-state index in [1.807, 2.05) is 31.2 Å². The molecule has 1 aliphatic rings. The van der Waals surface area contributed by atoms with Crippen molar-refractivity contribution in [1.82, 2.24) is 0 Å². The normalized spacial score (nSPS) is 28.5. The van der Waals surface area contributed by atoms with Crippen LogP contribution in [-0.2, 0) is 4.74 Å². The van der Waals surface area contributed by atoms with Gasteiger partial charge in [-0.15, -0.1) is 0 Å². The second-order valence-electron chi connectivity index (χ2n) is 2.45. The molecule has 3 heteroatoms. The summed E-state index contributed by atoms with van der Waals surface area (Å²) in [5.41, 5.74) is -0.748. The minimum atomic E-state index is -0.748. The number of hydrogen-bond acceptors (Lipinski definition) is 2. The lowest BCUT2D eigenvalue weighted by molar-refractivity contribution is 0.126. The number of halogens is 1. The zero-order valence-electron chi connectivity index (χ0n) is 6.16. The maximum absolute atomic E-state index is 10.3. The zero-order valence-corrected chi connectivity index (χ0v) is 6.91. The molecular weight excluding hydrogens is 164 g/mol. The highest BCUT2D eigenvalue weighted by molar-refractivity contribution is 6.61. The van der Waals surface area contributed by atoms with Crippen molar-refractivity contribution in [3.63, 3.8) is 0 Å². The summed E-state index contributed by atoms with van der Waals surface area (Å²) < 4.78 is 4.79. The van der Waals surface area contributed by atoms with Gasteiger partial charge in [0.05, 0.1) is 0 Å². The van der Waals surface area contributed by atoms with Gasteiger partial charge >= 0.3 is 5.43 Å². The first-order chi connectivity index (χ1) is 5.20. The minimum absolute atomic E-state index is 0.204. The lowest BCUT2D eigenvalue weighted by atomic mass is 10.0. The average Bonchev–Trinajstić information content (AvgIpc) is 1.93. The molecule has 1 rings (SSSR count). The van der Waals surface area contributed by atoms with E-state index in [2.05, 4.69) is 0 Å². The first kappa shape index (κ1) is 8.34. The number of allylic oxidation sites excluding steroid dienone is 2. The van der Waals surface area contributed by atoms with Crippen molar-refractivity contribution in [3.8, 4) is 0 Å². The molecule has 0 saturated heterocycles. The van der Waals surface area contributed by atoms with Gasteiger partial charge in [-0.2, -0.15) is 0 Å². The third kappa shape index (κ3) is 2.39. The van der Waals surface area contributed by atoms with Crippen molar-refractivity contribution in [3.05, 3.63) is 24.3 Å². The Hall–Kier alpha value is -0.760. The van der Waals surface area contributed by atoms with Gasteiger partial charge in [-0.3, -0.25) is 0 Å². The molecule has 0 aliphatic heterocycles. The second-order valence-corrected chi connectivity index (χ2v) is 2.76. The molecule has 2 atom stereocenters. The van der Waals surface area contributed by atoms with Crippen LogP contribution in [0.25, 0.3) is 0 Å². The Morgan fingerprint density at radius 2 is 2.09 bits per heavy atom. The van der Waals surface area contributed by atoms with Crippen LogP contribution in [-0.4, -0.2) is 11.5 Å². The SMILES string of the molecule is CC1C=CC=CC1OC(=O)Cl. The largest absolute Gasteiger partial charge is 0.445 e. The molecule has 60 valence electrons. The van der Waals surface area contributed by atoms with E-state index in [-0.39, 0.29) is 12.0 Å². The molecule has 0 radical (unpaired) electrons. The van der Waals surface area contributed by atoms with E-state index in [1.54, 1.807) is 0 Å². The summed E-state index contributed by atoms with van der Waals surface area (Å²) in [6.07, 6.45) is 7.33. The van der Waals surface area contributed by atoms with Gasteiger partial charge in [-0.05, 0) is 6.08 Å². The summed E-state index contributed by atoms with van der Waals surface area (Å²) in [7, 11) is 0. The molecule has 0 saturated carbocycles. The Kier molecular flexibility index (Phi) is 2.71. The molecule has 1 aliphatic carbocycles. The van der Waals surface area contributed by atoms with Gasteiger partial charge in [0, 0.05) is 17.5 Å². The Labute approximate surface area is 70.5 Å². The first-order valence-corrected chi connectivity index (χ1v) is 3.79. The Bertz CT molecular complexity index is 208. The van der Waals surface area contributed by atoms with Crippen LogP contribution < -0.4 is 0 Å². The molecule has 0 bridgehead atoms. The maximum atomic E-state index is 10.3. The number of carbonyl (C=O) groups is 1. The van der Waals surface area contributed by atoms with Crippen LogP contribution in [0.4, 0.5) is 4.79 Å². The van der Waals surface area contributed by atoms with E-state index in [1.165, 1.54) is 0 Å². The van der Waals surface area contributed by atoms with Crippen LogP contribution in [0, 0.1) is 5.92 Å². The van der Waals surface area contributed by atoms with E-state index in [4.69, 9.17) is 16.3 Å². The Morgan fingerprint density at radius 3 is 2.64 bits per heavy atom. The molecule has 0 spiro atoms. The standard InChI is InChI=1S/C8H9ClO2/c1-6-4-2-3-5-7(6)11-8(9)10/h2-7H,1H3. The van der Waals surface area contributed by atoms with Crippen LogP contribution in [0.15, 0.2) is 24.3 Å². The Balaban J connectivity index is 2.52. The fourth-order valence-corrected chi connectivity index (χ4v) is 1.05. The molecule has 11 heavy (non-hydrogen) atoms. The fraction of sp³-hybridized carbons (Fsp3) is 0.375. The van der Waals surface area contributed by atoms with E-state index < -0.39 is 5.43 Å². The van der Waals surface area contributed by atoms with Gasteiger partial charge in [0.15, 0.2) is 0 Å². The van der Waals surface area contributed by atoms with Crippen LogP contribution in [0.3, 0.4) is 0 Å². The van der Waals surface area contributed by atoms with Gasteiger partial charge in [-0.1, -0.05) is 25.2 Å². The second kappa shape index (κ2) is 3.58. The predicted octanol–water partition coefficient (Wildman–Crippen LogP) is 2.49. The van der Waals surface area contributed by atoms with Gasteiger partial charge in [0.2, 0.25) is 0 Å². The molecule has 0 fully saturated rings. The molecule has 0 aromatic carbocycles. The molecule has 0 aromatic heterocycles. The molecule has 2 unspecified atom stereocenters. The van der Waals surface area contributed by atoms with E-state index in [0.29, 0.717) is 0 Å². The van der Waals surface area contributed by atoms with E-state index in [9.17, 15) is 4.79 Å². The van der Waals surface area contributed by atoms with Crippen molar-refractivity contribution in [1.29, 1.82) is 0 Å². The maximum Gasteiger partial charge on any atom is 0.404 e. The summed E-state index contributed by atoms with van der Waals surface area (Å²) in [6.45, 7) is 1.96. The number of rotatable bonds is 1. The smallest absolute Gasteiger partial charge is 0.404 e. The van der Waals surface area contributed by atoms with Gasteiger partial charge in [0.25, 0.3) is 0 Å². The molecule has 0 aromatic rings. The summed E-state index contributed by atoms with van der Waals surface area (Å²) in [6, 6.07) is 0. The van der Waals surface area contributed by atoms with Gasteiger partial charge < -0.3 is 4.74 Å². The average molecular weight is 173 g/mol. The van der Waals surface area contributed by atoms with Crippen LogP contribution in [0.1, 0.15) is 6.92 Å². The van der Waals surface area contributed by atoms with E-state index in [0.717, 1.165) is 0 Å². The van der Waals surface area contributed by atoms with Crippen molar-refractivity contribution in [2.75, 3.05) is 0 Å². The lowest BCUT2D eigenvalue weighted by Gasteiger charge is -2.18. The fourth-order valence-electron chi connectivity index (χ4n) is 0.951. The molecule has 0 N–H and O–H groups in total. The Morgan fingerprint density at radius 1 is 1.45 bits per heavy atom. The molecule has 2 nitrogen and oxygen atoms in total. The van der Waals surface area contributed by atoms with E-state index >= 15 is 0 Å². The lowest BCUT2D eigenvalue weighted by Crippen LogP contribution is -2.20. The predicted molar refractivity (Wildman–Crippen MR) is 43.6 cm³/mol. The number of carbonyl (C=O) groups excluding carboxylic acids is 1. The highest BCUT2D eigenvalue weighted by atomic mass is 35.5. The summed E-state index contributed by atoms with van der Waals surface area (Å²) in [5.74, 6) is 0.211. The van der Waals surface area contributed by atoms with Crippen molar-refractivity contribution in [2.45, 2.75) is 13.0 Å². The minimum Gasteiger partial charge on any atom is -0.445 e. The molecule has 0 amide bonds. The molecule has 0 heterocycles. The quantitative estimate of drug-likeness (QED) is 0.568. The van der Waals surface area contributed by atoms with Crippen LogP contribution in [0.2, 0.25) is 0 Å². The van der Waals surface area contributed by atoms with Crippen LogP contribution >= 0.6 is 11.6 Å². The monoisotopic (exact) mass is 172 g/mol. The summed E-state index contributed by atoms with van der Waals surface area (Å²) in [5, 5.41) is 0. The van der Waals surface area contributed by atoms with Crippen molar-refractivity contribution >= 4 is 17.0 Å². The zero-order chi connectivity index (χ0) is 8.27. The highest BCUT2D eigenvalue weighted by Gasteiger charge is 2.16. The van der Waals surface area contributed by atoms with Crippen molar-refractivity contribution < 1.29 is 9.53 Å². The van der Waals surface area contributed by atoms with Gasteiger partial charge in [0.1, 0.15) is 6.10 Å². The van der Waals surface area contributed by atoms with Gasteiger partial charge in [-0.25, -0.2) is 4.79 Å². The number of ether oxygens (including phenoxy) is 1. The first-order valence-electron chi connectivity index (χ1n) is 3.41. The topological polar surface area (TPSA) is 26.3 Å². The highest BCUT2D eigenvalue weighted by Crippen LogP contribution is 2.15. The third-order valence-corrected chi connectivity index (χ3v) is 1.66. The molecular formula is C8H9ClO2.